The molecule has 1 N–H and O–H groups in total. The first-order valence-corrected chi connectivity index (χ1v) is 8.20. The number of halogens is 3. The number of benzene rings is 1. The maximum atomic E-state index is 13.4. The van der Waals surface area contributed by atoms with E-state index in [0.29, 0.717) is 17.1 Å². The van der Waals surface area contributed by atoms with Crippen molar-refractivity contribution >= 4 is 5.82 Å². The van der Waals surface area contributed by atoms with E-state index in [1.807, 2.05) is 6.07 Å². The number of aryl methyl sites for hydroxylation is 1. The zero-order valence-corrected chi connectivity index (χ0v) is 14.7. The molecule has 1 aromatic carbocycles. The molecule has 5 nitrogen and oxygen atoms in total. The highest BCUT2D eigenvalue weighted by molar-refractivity contribution is 5.65. The number of alkyl halides is 3. The molecule has 0 fully saturated rings. The Morgan fingerprint density at radius 3 is 2.59 bits per heavy atom. The molecule has 3 rings (SSSR count). The molecule has 27 heavy (non-hydrogen) atoms. The molecule has 3 aromatic rings. The molecule has 0 atom stereocenters. The first kappa shape index (κ1) is 18.5. The SMILES string of the molecule is CCc1ccc(-n2cc(-c3cc(NC)ncn3)cc2C#N)cc1C(F)(F)F. The normalized spacial score (nSPS) is 11.3. The quantitative estimate of drug-likeness (QED) is 0.737. The van der Waals surface area contributed by atoms with Crippen LogP contribution in [0, 0.1) is 11.3 Å². The summed E-state index contributed by atoms with van der Waals surface area (Å²) in [4.78, 5) is 8.20. The lowest BCUT2D eigenvalue weighted by atomic mass is 10.0. The number of hydrogen-bond acceptors (Lipinski definition) is 4. The Balaban J connectivity index is 2.13. The first-order valence-electron chi connectivity index (χ1n) is 8.20. The highest BCUT2D eigenvalue weighted by Crippen LogP contribution is 2.34. The monoisotopic (exact) mass is 371 g/mol. The Bertz CT molecular complexity index is 1010. The van der Waals surface area contributed by atoms with Crippen LogP contribution >= 0.6 is 0 Å². The highest BCUT2D eigenvalue weighted by atomic mass is 19.4. The van der Waals surface area contributed by atoms with Crippen molar-refractivity contribution in [2.45, 2.75) is 19.5 Å². The molecule has 0 amide bonds. The van der Waals surface area contributed by atoms with Crippen LogP contribution in [-0.4, -0.2) is 21.6 Å². The van der Waals surface area contributed by atoms with Crippen molar-refractivity contribution in [3.63, 3.8) is 0 Å². The van der Waals surface area contributed by atoms with Gasteiger partial charge < -0.3 is 9.88 Å². The van der Waals surface area contributed by atoms with Gasteiger partial charge in [0.05, 0.1) is 11.3 Å². The van der Waals surface area contributed by atoms with Gasteiger partial charge in [0, 0.05) is 30.6 Å². The van der Waals surface area contributed by atoms with Gasteiger partial charge in [-0.1, -0.05) is 13.0 Å². The fourth-order valence-corrected chi connectivity index (χ4v) is 2.84. The number of hydrogen-bond donors (Lipinski definition) is 1. The predicted octanol–water partition coefficient (Wildman–Crippen LogP) is 4.43. The standard InChI is InChI=1S/C19H16F3N5/c1-3-12-4-5-14(7-16(12)19(20,21)22)27-10-13(6-15(27)9-23)17-8-18(24-2)26-11-25-17/h4-8,10-11H,3H2,1-2H3,(H,24,25,26). The number of nitriles is 1. The van der Waals surface area contributed by atoms with Crippen LogP contribution < -0.4 is 5.32 Å². The fraction of sp³-hybridized carbons (Fsp3) is 0.211. The summed E-state index contributed by atoms with van der Waals surface area (Å²) in [5, 5.41) is 12.3. The summed E-state index contributed by atoms with van der Waals surface area (Å²) in [6, 6.07) is 9.41. The van der Waals surface area contributed by atoms with E-state index in [1.165, 1.54) is 17.0 Å². The molecular formula is C19H16F3N5. The van der Waals surface area contributed by atoms with Crippen molar-refractivity contribution in [1.29, 1.82) is 5.26 Å². The van der Waals surface area contributed by atoms with Gasteiger partial charge >= 0.3 is 6.18 Å². The zero-order chi connectivity index (χ0) is 19.6. The second-order valence-electron chi connectivity index (χ2n) is 5.83. The van der Waals surface area contributed by atoms with Crippen LogP contribution in [0.3, 0.4) is 0 Å². The number of rotatable bonds is 4. The van der Waals surface area contributed by atoms with E-state index in [1.54, 1.807) is 38.4 Å². The summed E-state index contributed by atoms with van der Waals surface area (Å²) >= 11 is 0. The molecule has 2 aromatic heterocycles. The maximum absolute atomic E-state index is 13.4. The van der Waals surface area contributed by atoms with Crippen molar-refractivity contribution in [3.8, 4) is 23.0 Å². The van der Waals surface area contributed by atoms with Gasteiger partial charge in [-0.25, -0.2) is 9.97 Å². The molecule has 0 saturated carbocycles. The molecule has 0 saturated heterocycles. The highest BCUT2D eigenvalue weighted by Gasteiger charge is 2.33. The minimum atomic E-state index is -4.46. The topological polar surface area (TPSA) is 66.5 Å². The van der Waals surface area contributed by atoms with E-state index >= 15 is 0 Å². The smallest absolute Gasteiger partial charge is 0.373 e. The average Bonchev–Trinajstić information content (AvgIpc) is 3.11. The third-order valence-corrected chi connectivity index (χ3v) is 4.21. The molecule has 8 heteroatoms. The van der Waals surface area contributed by atoms with Gasteiger partial charge in [0.1, 0.15) is 23.9 Å². The summed E-state index contributed by atoms with van der Waals surface area (Å²) < 4.78 is 41.5. The van der Waals surface area contributed by atoms with Crippen LogP contribution in [0.2, 0.25) is 0 Å². The third kappa shape index (κ3) is 3.62. The van der Waals surface area contributed by atoms with Gasteiger partial charge in [-0.3, -0.25) is 0 Å². The molecule has 0 radical (unpaired) electrons. The van der Waals surface area contributed by atoms with Gasteiger partial charge in [0.2, 0.25) is 0 Å². The Morgan fingerprint density at radius 1 is 1.19 bits per heavy atom. The largest absolute Gasteiger partial charge is 0.416 e. The van der Waals surface area contributed by atoms with Gasteiger partial charge in [-0.2, -0.15) is 18.4 Å². The van der Waals surface area contributed by atoms with Crippen LogP contribution in [0.25, 0.3) is 16.9 Å². The van der Waals surface area contributed by atoms with E-state index in [9.17, 15) is 18.4 Å². The van der Waals surface area contributed by atoms with Crippen molar-refractivity contribution in [1.82, 2.24) is 14.5 Å². The molecule has 0 aliphatic heterocycles. The first-order chi connectivity index (χ1) is 12.9. The Labute approximate surface area is 154 Å². The number of aromatic nitrogens is 3. The summed E-state index contributed by atoms with van der Waals surface area (Å²) in [5.41, 5.74) is 1.18. The Morgan fingerprint density at radius 2 is 1.96 bits per heavy atom. The Kier molecular flexibility index (Phi) is 4.86. The van der Waals surface area contributed by atoms with Gasteiger partial charge in [-0.15, -0.1) is 0 Å². The molecule has 0 aliphatic rings. The van der Waals surface area contributed by atoms with Crippen LogP contribution in [0.1, 0.15) is 23.7 Å². The second kappa shape index (κ2) is 7.11. The van der Waals surface area contributed by atoms with Crippen LogP contribution in [0.5, 0.6) is 0 Å². The van der Waals surface area contributed by atoms with Crippen molar-refractivity contribution in [3.05, 3.63) is 59.7 Å². The minimum Gasteiger partial charge on any atom is -0.373 e. The van der Waals surface area contributed by atoms with Gasteiger partial charge in [0.25, 0.3) is 0 Å². The predicted molar refractivity (Wildman–Crippen MR) is 95.4 cm³/mol. The number of nitrogens with one attached hydrogen (secondary N) is 1. The molecule has 0 aliphatic carbocycles. The molecule has 2 heterocycles. The van der Waals surface area contributed by atoms with Crippen molar-refractivity contribution in [2.75, 3.05) is 12.4 Å². The molecular weight excluding hydrogens is 355 g/mol. The second-order valence-corrected chi connectivity index (χ2v) is 5.83. The van der Waals surface area contributed by atoms with Crippen molar-refractivity contribution in [2.24, 2.45) is 0 Å². The third-order valence-electron chi connectivity index (χ3n) is 4.21. The fourth-order valence-electron chi connectivity index (χ4n) is 2.84. The molecule has 0 bridgehead atoms. The summed E-state index contributed by atoms with van der Waals surface area (Å²) in [6.07, 6.45) is -1.22. The van der Waals surface area contributed by atoms with E-state index < -0.39 is 11.7 Å². The van der Waals surface area contributed by atoms with E-state index in [4.69, 9.17) is 0 Å². The lowest BCUT2D eigenvalue weighted by Gasteiger charge is -2.14. The zero-order valence-electron chi connectivity index (χ0n) is 14.7. The number of nitrogens with zero attached hydrogens (tertiary/aromatic N) is 4. The molecule has 0 unspecified atom stereocenters. The number of anilines is 1. The lowest BCUT2D eigenvalue weighted by molar-refractivity contribution is -0.138. The van der Waals surface area contributed by atoms with E-state index in [0.717, 1.165) is 6.07 Å². The van der Waals surface area contributed by atoms with Gasteiger partial charge in [-0.05, 0) is 30.2 Å². The summed E-state index contributed by atoms with van der Waals surface area (Å²) in [7, 11) is 1.71. The van der Waals surface area contributed by atoms with Crippen LogP contribution in [-0.2, 0) is 12.6 Å². The maximum Gasteiger partial charge on any atom is 0.416 e. The Hall–Kier alpha value is -3.34. The molecule has 0 spiro atoms. The van der Waals surface area contributed by atoms with E-state index in [-0.39, 0.29) is 23.4 Å². The summed E-state index contributed by atoms with van der Waals surface area (Å²) in [6.45, 7) is 1.67. The lowest BCUT2D eigenvalue weighted by Crippen LogP contribution is -2.10. The summed E-state index contributed by atoms with van der Waals surface area (Å²) in [5.74, 6) is 0.595. The minimum absolute atomic E-state index is 0.214. The van der Waals surface area contributed by atoms with Crippen LogP contribution in [0.4, 0.5) is 19.0 Å². The van der Waals surface area contributed by atoms with E-state index in [2.05, 4.69) is 15.3 Å². The van der Waals surface area contributed by atoms with Gasteiger partial charge in [0.15, 0.2) is 0 Å². The van der Waals surface area contributed by atoms with Crippen molar-refractivity contribution < 1.29 is 13.2 Å². The average molecular weight is 371 g/mol. The van der Waals surface area contributed by atoms with Crippen LogP contribution in [0.15, 0.2) is 42.9 Å². The molecule has 138 valence electrons.